The highest BCUT2D eigenvalue weighted by Crippen LogP contribution is 2.26. The van der Waals surface area contributed by atoms with Gasteiger partial charge in [-0.25, -0.2) is 19.7 Å². The zero-order valence-corrected chi connectivity index (χ0v) is 17.9. The van der Waals surface area contributed by atoms with E-state index in [1.165, 1.54) is 7.11 Å². The molecule has 3 aromatic rings. The number of fused-ring (bicyclic) bond motifs is 1. The predicted octanol–water partition coefficient (Wildman–Crippen LogP) is 3.28. The summed E-state index contributed by atoms with van der Waals surface area (Å²) in [6, 6.07) is 8.69. The molecule has 1 aliphatic heterocycles. The maximum atomic E-state index is 12.8. The topological polar surface area (TPSA) is 97.3 Å². The third-order valence-electron chi connectivity index (χ3n) is 5.65. The summed E-state index contributed by atoms with van der Waals surface area (Å²) in [5.74, 6) is -0.578. The summed E-state index contributed by atoms with van der Waals surface area (Å²) >= 11 is 0. The molecule has 1 saturated heterocycles. The van der Waals surface area contributed by atoms with E-state index in [0.717, 1.165) is 42.0 Å². The van der Waals surface area contributed by atoms with E-state index in [1.54, 1.807) is 30.5 Å². The number of anilines is 2. The molecule has 0 bridgehead atoms. The number of pyridine rings is 1. The van der Waals surface area contributed by atoms with Crippen LogP contribution in [0.1, 0.15) is 34.6 Å². The SMILES string of the molecule is COC(=O)c1ccc(NC(=O)C2CCCN(c3cnc4nc(C)c(C)nc4c3)C2)cc1. The van der Waals surface area contributed by atoms with Gasteiger partial charge in [-0.15, -0.1) is 0 Å². The summed E-state index contributed by atoms with van der Waals surface area (Å²) in [7, 11) is 1.34. The average molecular weight is 419 g/mol. The van der Waals surface area contributed by atoms with Crippen molar-refractivity contribution >= 4 is 34.4 Å². The van der Waals surface area contributed by atoms with E-state index < -0.39 is 5.97 Å². The Morgan fingerprint density at radius 1 is 1.13 bits per heavy atom. The minimum atomic E-state index is -0.403. The molecule has 2 aromatic heterocycles. The Morgan fingerprint density at radius 2 is 1.87 bits per heavy atom. The summed E-state index contributed by atoms with van der Waals surface area (Å²) in [6.45, 7) is 5.34. The molecule has 1 atom stereocenters. The second-order valence-electron chi connectivity index (χ2n) is 7.77. The number of nitrogens with zero attached hydrogens (tertiary/aromatic N) is 4. The number of methoxy groups -OCH3 is 1. The van der Waals surface area contributed by atoms with Crippen LogP contribution in [-0.4, -0.2) is 47.0 Å². The maximum Gasteiger partial charge on any atom is 0.337 e. The van der Waals surface area contributed by atoms with E-state index in [2.05, 4.69) is 25.2 Å². The summed E-state index contributed by atoms with van der Waals surface area (Å²) in [4.78, 5) is 40.1. The zero-order chi connectivity index (χ0) is 22.0. The fourth-order valence-electron chi connectivity index (χ4n) is 3.76. The predicted molar refractivity (Wildman–Crippen MR) is 118 cm³/mol. The number of carbonyl (C=O) groups excluding carboxylic acids is 2. The standard InChI is InChI=1S/C23H25N5O3/c1-14-15(2)26-21-20(25-14)11-19(12-24-21)28-10-4-5-17(13-28)22(29)27-18-8-6-16(7-9-18)23(30)31-3/h6-9,11-12,17H,4-5,10,13H2,1-3H3,(H,27,29). The first kappa shape index (κ1) is 20.7. The Labute approximate surface area is 180 Å². The molecule has 31 heavy (non-hydrogen) atoms. The van der Waals surface area contributed by atoms with E-state index in [-0.39, 0.29) is 11.8 Å². The van der Waals surface area contributed by atoms with Crippen LogP contribution >= 0.6 is 0 Å². The lowest BCUT2D eigenvalue weighted by Crippen LogP contribution is -2.40. The molecule has 0 saturated carbocycles. The fraction of sp³-hybridized carbons (Fsp3) is 0.348. The lowest BCUT2D eigenvalue weighted by molar-refractivity contribution is -0.120. The molecular weight excluding hydrogens is 394 g/mol. The molecule has 4 rings (SSSR count). The molecule has 8 nitrogen and oxygen atoms in total. The van der Waals surface area contributed by atoms with Gasteiger partial charge in [-0.2, -0.15) is 0 Å². The Morgan fingerprint density at radius 3 is 2.61 bits per heavy atom. The lowest BCUT2D eigenvalue weighted by Gasteiger charge is -2.33. The zero-order valence-electron chi connectivity index (χ0n) is 17.9. The van der Waals surface area contributed by atoms with Crippen LogP contribution in [-0.2, 0) is 9.53 Å². The first-order chi connectivity index (χ1) is 14.9. The molecule has 160 valence electrons. The molecule has 1 aromatic carbocycles. The minimum Gasteiger partial charge on any atom is -0.465 e. The van der Waals surface area contributed by atoms with Gasteiger partial charge >= 0.3 is 5.97 Å². The number of esters is 1. The number of piperidine rings is 1. The van der Waals surface area contributed by atoms with Gasteiger partial charge in [-0.3, -0.25) is 4.79 Å². The number of amides is 1. The molecule has 3 heterocycles. The first-order valence-corrected chi connectivity index (χ1v) is 10.3. The van der Waals surface area contributed by atoms with Crippen LogP contribution in [0.2, 0.25) is 0 Å². The molecule has 0 radical (unpaired) electrons. The van der Waals surface area contributed by atoms with Crippen molar-refractivity contribution in [3.05, 3.63) is 53.5 Å². The van der Waals surface area contributed by atoms with Gasteiger partial charge in [0.05, 0.1) is 41.9 Å². The molecule has 0 spiro atoms. The Bertz CT molecular complexity index is 1130. The van der Waals surface area contributed by atoms with Crippen LogP contribution in [0.5, 0.6) is 0 Å². The van der Waals surface area contributed by atoms with E-state index in [9.17, 15) is 9.59 Å². The van der Waals surface area contributed by atoms with Crippen molar-refractivity contribution in [2.24, 2.45) is 5.92 Å². The van der Waals surface area contributed by atoms with Gasteiger partial charge in [0.15, 0.2) is 5.65 Å². The van der Waals surface area contributed by atoms with Gasteiger partial charge in [0.25, 0.3) is 0 Å². The molecule has 1 N–H and O–H groups in total. The number of hydrogen-bond acceptors (Lipinski definition) is 7. The van der Waals surface area contributed by atoms with Gasteiger partial charge in [0.1, 0.15) is 5.52 Å². The van der Waals surface area contributed by atoms with Crippen molar-refractivity contribution < 1.29 is 14.3 Å². The maximum absolute atomic E-state index is 12.8. The Kier molecular flexibility index (Phi) is 5.79. The normalized spacial score (nSPS) is 16.2. The van der Waals surface area contributed by atoms with Crippen LogP contribution in [0, 0.1) is 19.8 Å². The number of ether oxygens (including phenoxy) is 1. The highest BCUT2D eigenvalue weighted by atomic mass is 16.5. The highest BCUT2D eigenvalue weighted by Gasteiger charge is 2.26. The smallest absolute Gasteiger partial charge is 0.337 e. The van der Waals surface area contributed by atoms with Crippen LogP contribution in [0.15, 0.2) is 36.5 Å². The Balaban J connectivity index is 1.45. The number of aryl methyl sites for hydroxylation is 2. The van der Waals surface area contributed by atoms with Crippen LogP contribution in [0.3, 0.4) is 0 Å². The van der Waals surface area contributed by atoms with E-state index in [4.69, 9.17) is 4.74 Å². The van der Waals surface area contributed by atoms with Gasteiger partial charge in [-0.1, -0.05) is 0 Å². The first-order valence-electron chi connectivity index (χ1n) is 10.3. The lowest BCUT2D eigenvalue weighted by atomic mass is 9.96. The number of carbonyl (C=O) groups is 2. The Hall–Kier alpha value is -3.55. The molecular formula is C23H25N5O3. The summed E-state index contributed by atoms with van der Waals surface area (Å²) in [6.07, 6.45) is 3.54. The summed E-state index contributed by atoms with van der Waals surface area (Å²) in [5.41, 5.74) is 5.21. The van der Waals surface area contributed by atoms with Gasteiger partial charge < -0.3 is 15.0 Å². The third kappa shape index (κ3) is 4.47. The highest BCUT2D eigenvalue weighted by molar-refractivity contribution is 5.94. The van der Waals surface area contributed by atoms with Gasteiger partial charge in [-0.05, 0) is 57.0 Å². The molecule has 1 aliphatic rings. The summed E-state index contributed by atoms with van der Waals surface area (Å²) < 4.78 is 4.70. The third-order valence-corrected chi connectivity index (χ3v) is 5.65. The fourth-order valence-corrected chi connectivity index (χ4v) is 3.76. The number of aromatic nitrogens is 3. The van der Waals surface area contributed by atoms with E-state index >= 15 is 0 Å². The van der Waals surface area contributed by atoms with Crippen LogP contribution in [0.25, 0.3) is 11.2 Å². The van der Waals surface area contributed by atoms with Gasteiger partial charge in [0.2, 0.25) is 5.91 Å². The number of hydrogen-bond donors (Lipinski definition) is 1. The van der Waals surface area contributed by atoms with Crippen molar-refractivity contribution in [1.29, 1.82) is 0 Å². The van der Waals surface area contributed by atoms with E-state index in [1.807, 2.05) is 19.9 Å². The number of nitrogens with one attached hydrogen (secondary N) is 1. The molecule has 1 amide bonds. The van der Waals surface area contributed by atoms with Gasteiger partial charge in [0, 0.05) is 18.8 Å². The van der Waals surface area contributed by atoms with Crippen molar-refractivity contribution in [1.82, 2.24) is 15.0 Å². The minimum absolute atomic E-state index is 0.0319. The van der Waals surface area contributed by atoms with Crippen LogP contribution < -0.4 is 10.2 Å². The summed E-state index contributed by atoms with van der Waals surface area (Å²) in [5, 5.41) is 2.96. The van der Waals surface area contributed by atoms with Crippen molar-refractivity contribution in [2.75, 3.05) is 30.4 Å². The quantitative estimate of drug-likeness (QED) is 0.648. The van der Waals surface area contributed by atoms with Crippen molar-refractivity contribution in [3.63, 3.8) is 0 Å². The molecule has 8 heteroatoms. The second kappa shape index (κ2) is 8.67. The largest absolute Gasteiger partial charge is 0.465 e. The molecule has 1 unspecified atom stereocenters. The average Bonchev–Trinajstić information content (AvgIpc) is 2.79. The number of rotatable bonds is 4. The second-order valence-corrected chi connectivity index (χ2v) is 7.77. The van der Waals surface area contributed by atoms with Crippen LogP contribution in [0.4, 0.5) is 11.4 Å². The van der Waals surface area contributed by atoms with E-state index in [0.29, 0.717) is 23.4 Å². The molecule has 0 aliphatic carbocycles. The molecule has 1 fully saturated rings. The van der Waals surface area contributed by atoms with Crippen molar-refractivity contribution in [2.45, 2.75) is 26.7 Å². The monoisotopic (exact) mass is 419 g/mol. The van der Waals surface area contributed by atoms with Crippen molar-refractivity contribution in [3.8, 4) is 0 Å². The number of benzene rings is 1.